The maximum absolute atomic E-state index is 13.4. The Bertz CT molecular complexity index is 557. The highest BCUT2D eigenvalue weighted by molar-refractivity contribution is 8.19. The van der Waals surface area contributed by atoms with Crippen LogP contribution in [0.15, 0.2) is 24.3 Å². The van der Waals surface area contributed by atoms with Crippen molar-refractivity contribution < 1.29 is 27.7 Å². The quantitative estimate of drug-likeness (QED) is 0.588. The third-order valence-corrected chi connectivity index (χ3v) is 7.64. The molecule has 0 saturated carbocycles. The summed E-state index contributed by atoms with van der Waals surface area (Å²) in [4.78, 5) is 11.9. The van der Waals surface area contributed by atoms with Crippen LogP contribution in [0.2, 0.25) is 0 Å². The van der Waals surface area contributed by atoms with Crippen molar-refractivity contribution in [3.05, 3.63) is 30.1 Å². The van der Waals surface area contributed by atoms with Crippen LogP contribution < -0.4 is 4.74 Å². The van der Waals surface area contributed by atoms with E-state index in [0.29, 0.717) is 13.2 Å². The summed E-state index contributed by atoms with van der Waals surface area (Å²) in [5, 5.41) is 0. The molecule has 0 radical (unpaired) electrons. The molecule has 1 aromatic rings. The highest BCUT2D eigenvalue weighted by Gasteiger charge is 2.52. The highest BCUT2D eigenvalue weighted by Crippen LogP contribution is 2.74. The molecular weight excluding hydrogens is 341 g/mol. The zero-order valence-electron chi connectivity index (χ0n) is 13.5. The Hall–Kier alpha value is -0.800. The monoisotopic (exact) mass is 363 g/mol. The molecule has 0 bridgehead atoms. The van der Waals surface area contributed by atoms with E-state index in [1.807, 2.05) is 13.8 Å². The maximum Gasteiger partial charge on any atom is 0.347 e. The van der Waals surface area contributed by atoms with Gasteiger partial charge < -0.3 is 9.47 Å². The predicted molar refractivity (Wildman–Crippen MR) is 89.8 cm³/mol. The Morgan fingerprint density at radius 3 is 2.61 bits per heavy atom. The lowest BCUT2D eigenvalue weighted by Gasteiger charge is -2.35. The van der Waals surface area contributed by atoms with E-state index in [-0.39, 0.29) is 17.8 Å². The molecule has 1 heterocycles. The molecule has 23 heavy (non-hydrogen) atoms. The number of carbonyl (C=O) groups is 1. The second-order valence-corrected chi connectivity index (χ2v) is 10.9. The minimum absolute atomic E-state index is 0.0133. The maximum atomic E-state index is 13.4. The topological polar surface area (TPSA) is 54.0 Å². The van der Waals surface area contributed by atoms with Crippen molar-refractivity contribution in [1.29, 1.82) is 0 Å². The fraction of sp³-hybridized carbons (Fsp3) is 0.533. The van der Waals surface area contributed by atoms with Gasteiger partial charge >= 0.3 is 13.4 Å². The van der Waals surface area contributed by atoms with Crippen LogP contribution in [0.4, 0.5) is 4.39 Å². The van der Waals surface area contributed by atoms with Gasteiger partial charge in [0.05, 0.1) is 8.93 Å². The lowest BCUT2D eigenvalue weighted by atomic mass is 9.97. The zero-order chi connectivity index (χ0) is 17.1. The van der Waals surface area contributed by atoms with E-state index in [9.17, 15) is 9.18 Å². The van der Waals surface area contributed by atoms with E-state index < -0.39 is 25.0 Å². The molecule has 1 aliphatic heterocycles. The van der Waals surface area contributed by atoms with Crippen molar-refractivity contribution in [2.75, 3.05) is 19.8 Å². The van der Waals surface area contributed by atoms with Gasteiger partial charge in [-0.25, -0.2) is 9.18 Å². The van der Waals surface area contributed by atoms with E-state index in [1.54, 1.807) is 19.1 Å². The second-order valence-electron chi connectivity index (χ2n) is 6.16. The van der Waals surface area contributed by atoms with Crippen LogP contribution in [0.5, 0.6) is 5.75 Å². The summed E-state index contributed by atoms with van der Waals surface area (Å²) in [6.45, 7) is 6.51. The van der Waals surface area contributed by atoms with E-state index in [2.05, 4.69) is 8.93 Å². The average Bonchev–Trinajstić information content (AvgIpc) is 2.50. The number of halogens is 1. The lowest BCUT2D eigenvalue weighted by Crippen LogP contribution is -2.33. The van der Waals surface area contributed by atoms with Crippen molar-refractivity contribution >= 4 is 22.3 Å². The number of rotatable bonds is 5. The van der Waals surface area contributed by atoms with Crippen LogP contribution in [0, 0.1) is 11.2 Å². The minimum atomic E-state index is -2.35. The summed E-state index contributed by atoms with van der Waals surface area (Å²) in [5.74, 6) is -1.65. The molecule has 2 rings (SSSR count). The third-order valence-electron chi connectivity index (χ3n) is 3.31. The Kier molecular flexibility index (Phi) is 5.96. The van der Waals surface area contributed by atoms with Crippen LogP contribution >= 0.6 is 16.3 Å². The van der Waals surface area contributed by atoms with Gasteiger partial charge in [0.25, 0.3) is 5.85 Å². The van der Waals surface area contributed by atoms with Crippen molar-refractivity contribution in [3.63, 3.8) is 0 Å². The number of carbonyl (C=O) groups excluding carboxylic acids is 1. The summed E-state index contributed by atoms with van der Waals surface area (Å²) in [7, 11) is 0.203. The Labute approximate surface area is 138 Å². The normalized spacial score (nSPS) is 20.6. The Balaban J connectivity index is 1.84. The van der Waals surface area contributed by atoms with Crippen LogP contribution in [0.1, 0.15) is 20.8 Å². The van der Waals surface area contributed by atoms with Crippen molar-refractivity contribution in [2.45, 2.75) is 26.6 Å². The summed E-state index contributed by atoms with van der Waals surface area (Å²) >= 11 is 0. The largest absolute Gasteiger partial charge is 0.479 e. The molecule has 0 amide bonds. The fourth-order valence-electron chi connectivity index (χ4n) is 1.84. The van der Waals surface area contributed by atoms with E-state index in [0.717, 1.165) is 0 Å². The molecule has 0 aromatic heterocycles. The number of benzene rings is 1. The van der Waals surface area contributed by atoms with Gasteiger partial charge in [0.1, 0.15) is 13.2 Å². The summed E-state index contributed by atoms with van der Waals surface area (Å²) in [6, 6.07) is 5.88. The van der Waals surface area contributed by atoms with Crippen molar-refractivity contribution in [1.82, 2.24) is 0 Å². The molecule has 1 saturated heterocycles. The molecule has 2 unspecified atom stereocenters. The standard InChI is InChI=1S/C15H22FO5P2/c1-11(23(22)19-9-15(2,3)10-20-23)21-14(17)8-18-13-7-5-4-6-12(13)16/h4-7,11H,8-10,22H2,1-3H3/q+1. The van der Waals surface area contributed by atoms with E-state index in [4.69, 9.17) is 18.5 Å². The highest BCUT2D eigenvalue weighted by atomic mass is 32.1. The first kappa shape index (κ1) is 18.5. The molecule has 1 aromatic carbocycles. The first-order valence-corrected chi connectivity index (χ1v) is 10.6. The number of ether oxygens (including phenoxy) is 2. The molecule has 0 N–H and O–H groups in total. The number of hydrogen-bond acceptors (Lipinski definition) is 5. The van der Waals surface area contributed by atoms with Gasteiger partial charge in [-0.05, 0) is 12.1 Å². The first-order chi connectivity index (χ1) is 10.7. The average molecular weight is 363 g/mol. The number of para-hydroxylation sites is 1. The molecule has 128 valence electrons. The molecule has 5 nitrogen and oxygen atoms in total. The van der Waals surface area contributed by atoms with Gasteiger partial charge in [-0.2, -0.15) is 9.05 Å². The number of esters is 1. The van der Waals surface area contributed by atoms with E-state index >= 15 is 0 Å². The van der Waals surface area contributed by atoms with Gasteiger partial charge in [0.2, 0.25) is 0 Å². The van der Waals surface area contributed by atoms with Gasteiger partial charge in [-0.1, -0.05) is 26.0 Å². The smallest absolute Gasteiger partial charge is 0.347 e. The Morgan fingerprint density at radius 1 is 1.39 bits per heavy atom. The zero-order valence-corrected chi connectivity index (χ0v) is 15.5. The summed E-state index contributed by atoms with van der Waals surface area (Å²) in [6.07, 6.45) is 0. The lowest BCUT2D eigenvalue weighted by molar-refractivity contribution is -0.148. The predicted octanol–water partition coefficient (Wildman–Crippen LogP) is 3.80. The molecule has 2 atom stereocenters. The van der Waals surface area contributed by atoms with Gasteiger partial charge in [-0.15, -0.1) is 0 Å². The minimum Gasteiger partial charge on any atom is -0.479 e. The molecule has 8 heteroatoms. The molecular formula is C15H22FO5P2+. The van der Waals surface area contributed by atoms with Crippen molar-refractivity contribution in [3.8, 4) is 5.75 Å². The van der Waals surface area contributed by atoms with Gasteiger partial charge in [0.15, 0.2) is 18.2 Å². The summed E-state index contributed by atoms with van der Waals surface area (Å²) in [5.41, 5.74) is -0.0578. The van der Waals surface area contributed by atoms with Crippen LogP contribution in [0.3, 0.4) is 0 Å². The Morgan fingerprint density at radius 2 is 2.00 bits per heavy atom. The van der Waals surface area contributed by atoms with E-state index in [1.165, 1.54) is 12.1 Å². The van der Waals surface area contributed by atoms with Gasteiger partial charge in [0, 0.05) is 12.3 Å². The number of hydrogen-bond donors (Lipinski definition) is 0. The van der Waals surface area contributed by atoms with Crippen LogP contribution in [-0.4, -0.2) is 31.6 Å². The van der Waals surface area contributed by atoms with Crippen LogP contribution in [0.25, 0.3) is 0 Å². The first-order valence-electron chi connectivity index (χ1n) is 7.25. The molecule has 0 spiro atoms. The van der Waals surface area contributed by atoms with Crippen LogP contribution in [-0.2, 0) is 18.6 Å². The summed E-state index contributed by atoms with van der Waals surface area (Å²) < 4.78 is 35.5. The molecule has 1 fully saturated rings. The van der Waals surface area contributed by atoms with Crippen molar-refractivity contribution in [2.24, 2.45) is 5.41 Å². The second kappa shape index (κ2) is 7.40. The molecule has 0 aliphatic carbocycles. The third kappa shape index (κ3) is 5.09. The van der Waals surface area contributed by atoms with Gasteiger partial charge in [-0.3, -0.25) is 0 Å². The molecule has 1 aliphatic rings. The fourth-order valence-corrected chi connectivity index (χ4v) is 4.33. The SMILES string of the molecule is CC(OC(=O)COc1ccccc1F)[P+]1(P)OCC(C)(C)CO1.